The molecule has 1 atom stereocenters. The molecule has 0 spiro atoms. The molecule has 0 aliphatic rings. The van der Waals surface area contributed by atoms with E-state index in [0.29, 0.717) is 24.6 Å². The van der Waals surface area contributed by atoms with Gasteiger partial charge in [0.2, 0.25) is 5.82 Å². The van der Waals surface area contributed by atoms with E-state index in [1.807, 2.05) is 13.8 Å². The van der Waals surface area contributed by atoms with Crippen LogP contribution >= 0.6 is 0 Å². The number of aryl methyl sites for hydroxylation is 2. The summed E-state index contributed by atoms with van der Waals surface area (Å²) in [5, 5.41) is 18.3. The highest BCUT2D eigenvalue weighted by atomic mass is 16.6. The number of hydrogen-bond acceptors (Lipinski definition) is 5. The first-order chi connectivity index (χ1) is 8.04. The first-order valence-corrected chi connectivity index (χ1v) is 5.73. The lowest BCUT2D eigenvalue weighted by Crippen LogP contribution is -2.29. The van der Waals surface area contributed by atoms with Crippen molar-refractivity contribution in [2.75, 3.05) is 11.9 Å². The minimum Gasteiger partial charge on any atom is -0.361 e. The molecule has 0 aliphatic heterocycles. The van der Waals surface area contributed by atoms with E-state index in [4.69, 9.17) is 5.73 Å². The first-order valence-electron chi connectivity index (χ1n) is 5.73. The molecule has 7 heteroatoms. The molecule has 96 valence electrons. The molecule has 17 heavy (non-hydrogen) atoms. The fraction of sp³-hybridized carbons (Fsp3) is 0.700. The van der Waals surface area contributed by atoms with Crippen LogP contribution in [-0.2, 0) is 6.54 Å². The van der Waals surface area contributed by atoms with Gasteiger partial charge >= 0.3 is 5.69 Å². The fourth-order valence-electron chi connectivity index (χ4n) is 1.68. The number of nitrogens with two attached hydrogens (primary N) is 1. The number of anilines is 1. The Labute approximate surface area is 100 Å². The molecule has 3 N–H and O–H groups in total. The van der Waals surface area contributed by atoms with E-state index in [2.05, 4.69) is 10.4 Å². The van der Waals surface area contributed by atoms with E-state index in [0.717, 1.165) is 6.42 Å². The van der Waals surface area contributed by atoms with Crippen molar-refractivity contribution in [3.63, 3.8) is 0 Å². The Balaban J connectivity index is 3.14. The van der Waals surface area contributed by atoms with E-state index < -0.39 is 4.92 Å². The van der Waals surface area contributed by atoms with Crippen LogP contribution in [0.4, 0.5) is 11.5 Å². The predicted molar refractivity (Wildman–Crippen MR) is 66.0 cm³/mol. The minimum atomic E-state index is -0.403. The summed E-state index contributed by atoms with van der Waals surface area (Å²) in [5.74, 6) is 0.451. The van der Waals surface area contributed by atoms with Gasteiger partial charge in [-0.1, -0.05) is 6.92 Å². The third-order valence-corrected chi connectivity index (χ3v) is 2.70. The van der Waals surface area contributed by atoms with Crippen LogP contribution in [0.1, 0.15) is 26.0 Å². The number of rotatable bonds is 6. The lowest BCUT2D eigenvalue weighted by atomic mass is 10.2. The van der Waals surface area contributed by atoms with E-state index in [1.165, 1.54) is 0 Å². The van der Waals surface area contributed by atoms with Crippen LogP contribution in [0.25, 0.3) is 0 Å². The lowest BCUT2D eigenvalue weighted by molar-refractivity contribution is -0.384. The standard InChI is InChI=1S/C10H19N5O2/c1-4-8(6-11)12-10-9(15(16)17)7(3)13-14(10)5-2/h8,12H,4-6,11H2,1-3H3. The second kappa shape index (κ2) is 5.62. The summed E-state index contributed by atoms with van der Waals surface area (Å²) in [6.07, 6.45) is 0.807. The van der Waals surface area contributed by atoms with Gasteiger partial charge in [0.1, 0.15) is 5.69 Å². The summed E-state index contributed by atoms with van der Waals surface area (Å²) in [6, 6.07) is 0.0232. The normalized spacial score (nSPS) is 12.5. The van der Waals surface area contributed by atoms with Gasteiger partial charge in [-0.25, -0.2) is 4.68 Å². The Morgan fingerprint density at radius 3 is 2.65 bits per heavy atom. The SMILES string of the molecule is CCC(CN)Nc1c([N+](=O)[O-])c(C)nn1CC. The molecular weight excluding hydrogens is 222 g/mol. The zero-order chi connectivity index (χ0) is 13.0. The Hall–Kier alpha value is -1.63. The van der Waals surface area contributed by atoms with Gasteiger partial charge in [0.15, 0.2) is 0 Å². The Morgan fingerprint density at radius 1 is 1.59 bits per heavy atom. The van der Waals surface area contributed by atoms with Gasteiger partial charge in [-0.3, -0.25) is 10.1 Å². The molecule has 0 aliphatic carbocycles. The molecule has 1 aromatic heterocycles. The third-order valence-electron chi connectivity index (χ3n) is 2.70. The van der Waals surface area contributed by atoms with Crippen molar-refractivity contribution in [3.8, 4) is 0 Å². The molecule has 7 nitrogen and oxygen atoms in total. The summed E-state index contributed by atoms with van der Waals surface area (Å²) < 4.78 is 1.60. The molecule has 0 amide bonds. The monoisotopic (exact) mass is 241 g/mol. The van der Waals surface area contributed by atoms with Crippen LogP contribution in [0, 0.1) is 17.0 Å². The number of aromatic nitrogens is 2. The predicted octanol–water partition coefficient (Wildman–Crippen LogP) is 1.27. The number of hydrogen-bond donors (Lipinski definition) is 2. The molecule has 0 bridgehead atoms. The van der Waals surface area contributed by atoms with E-state index >= 15 is 0 Å². The van der Waals surface area contributed by atoms with Crippen LogP contribution in [0.15, 0.2) is 0 Å². The molecule has 1 heterocycles. The molecule has 0 saturated carbocycles. The van der Waals surface area contributed by atoms with Crippen molar-refractivity contribution in [2.24, 2.45) is 5.73 Å². The average molecular weight is 241 g/mol. The highest BCUT2D eigenvalue weighted by Crippen LogP contribution is 2.28. The van der Waals surface area contributed by atoms with Gasteiger partial charge < -0.3 is 11.1 Å². The van der Waals surface area contributed by atoms with Crippen molar-refractivity contribution in [1.29, 1.82) is 0 Å². The topological polar surface area (TPSA) is 99.0 Å². The van der Waals surface area contributed by atoms with Crippen molar-refractivity contribution in [2.45, 2.75) is 39.8 Å². The van der Waals surface area contributed by atoms with E-state index in [-0.39, 0.29) is 11.7 Å². The van der Waals surface area contributed by atoms with E-state index in [1.54, 1.807) is 11.6 Å². The third kappa shape index (κ3) is 2.73. The molecule has 0 aromatic carbocycles. The van der Waals surface area contributed by atoms with Crippen LogP contribution in [0.5, 0.6) is 0 Å². The number of nitrogens with zero attached hydrogens (tertiary/aromatic N) is 3. The molecule has 0 saturated heterocycles. The Kier molecular flexibility index (Phi) is 4.45. The van der Waals surface area contributed by atoms with Crippen molar-refractivity contribution in [3.05, 3.63) is 15.8 Å². The van der Waals surface area contributed by atoms with Gasteiger partial charge in [0, 0.05) is 19.1 Å². The molecule has 0 fully saturated rings. The number of nitro groups is 1. The largest absolute Gasteiger partial charge is 0.361 e. The molecule has 0 radical (unpaired) electrons. The summed E-state index contributed by atoms with van der Waals surface area (Å²) in [6.45, 7) is 6.53. The summed E-state index contributed by atoms with van der Waals surface area (Å²) in [5.41, 5.74) is 6.06. The van der Waals surface area contributed by atoms with Crippen LogP contribution in [0.3, 0.4) is 0 Å². The lowest BCUT2D eigenvalue weighted by Gasteiger charge is -2.15. The second-order valence-corrected chi connectivity index (χ2v) is 3.84. The van der Waals surface area contributed by atoms with Crippen LogP contribution in [-0.4, -0.2) is 27.3 Å². The number of nitrogens with one attached hydrogen (secondary N) is 1. The molecular formula is C10H19N5O2. The van der Waals surface area contributed by atoms with Crippen molar-refractivity contribution < 1.29 is 4.92 Å². The van der Waals surface area contributed by atoms with Crippen LogP contribution in [0.2, 0.25) is 0 Å². The maximum absolute atomic E-state index is 11.0. The highest BCUT2D eigenvalue weighted by Gasteiger charge is 2.25. The van der Waals surface area contributed by atoms with Crippen molar-refractivity contribution in [1.82, 2.24) is 9.78 Å². The Bertz CT molecular complexity index is 398. The average Bonchev–Trinajstić information content (AvgIpc) is 2.62. The van der Waals surface area contributed by atoms with Gasteiger partial charge in [-0.2, -0.15) is 5.10 Å². The van der Waals surface area contributed by atoms with Gasteiger partial charge in [-0.15, -0.1) is 0 Å². The van der Waals surface area contributed by atoms with Gasteiger partial charge in [-0.05, 0) is 20.3 Å². The summed E-state index contributed by atoms with van der Waals surface area (Å²) >= 11 is 0. The smallest absolute Gasteiger partial charge is 0.333 e. The molecule has 1 unspecified atom stereocenters. The fourth-order valence-corrected chi connectivity index (χ4v) is 1.68. The minimum absolute atomic E-state index is 0.0232. The zero-order valence-corrected chi connectivity index (χ0v) is 10.4. The second-order valence-electron chi connectivity index (χ2n) is 3.84. The first kappa shape index (κ1) is 13.4. The zero-order valence-electron chi connectivity index (χ0n) is 10.4. The molecule has 1 aromatic rings. The molecule has 1 rings (SSSR count). The highest BCUT2D eigenvalue weighted by molar-refractivity contribution is 5.60. The van der Waals surface area contributed by atoms with Gasteiger partial charge in [0.05, 0.1) is 4.92 Å². The van der Waals surface area contributed by atoms with Crippen LogP contribution < -0.4 is 11.1 Å². The van der Waals surface area contributed by atoms with E-state index in [9.17, 15) is 10.1 Å². The summed E-state index contributed by atoms with van der Waals surface area (Å²) in [4.78, 5) is 10.6. The van der Waals surface area contributed by atoms with Crippen molar-refractivity contribution >= 4 is 11.5 Å². The maximum atomic E-state index is 11.0. The summed E-state index contributed by atoms with van der Waals surface area (Å²) in [7, 11) is 0. The maximum Gasteiger partial charge on any atom is 0.333 e. The van der Waals surface area contributed by atoms with Gasteiger partial charge in [0.25, 0.3) is 0 Å². The quantitative estimate of drug-likeness (QED) is 0.577. The Morgan fingerprint density at radius 2 is 2.24 bits per heavy atom.